The molecule has 0 saturated carbocycles. The summed E-state index contributed by atoms with van der Waals surface area (Å²) in [6.07, 6.45) is 0.515. The molecular formula is C15H14O2. The van der Waals surface area contributed by atoms with Gasteiger partial charge in [0, 0.05) is 12.0 Å². The van der Waals surface area contributed by atoms with E-state index >= 15 is 0 Å². The molecule has 0 saturated heterocycles. The van der Waals surface area contributed by atoms with Gasteiger partial charge in [-0.15, -0.1) is 0 Å². The fourth-order valence-electron chi connectivity index (χ4n) is 1.65. The minimum atomic E-state index is 0.109. The van der Waals surface area contributed by atoms with Crippen molar-refractivity contribution < 1.29 is 9.84 Å². The highest BCUT2D eigenvalue weighted by molar-refractivity contribution is 5.85. The van der Waals surface area contributed by atoms with Crippen molar-refractivity contribution in [1.29, 1.82) is 0 Å². The second kappa shape index (κ2) is 5.38. The molecule has 0 aliphatic rings. The summed E-state index contributed by atoms with van der Waals surface area (Å²) in [6.45, 7) is 0.109. The van der Waals surface area contributed by atoms with Crippen molar-refractivity contribution >= 4 is 10.8 Å². The molecule has 0 heterocycles. The maximum atomic E-state index is 8.66. The third-order valence-corrected chi connectivity index (χ3v) is 2.52. The van der Waals surface area contributed by atoms with E-state index < -0.39 is 0 Å². The summed E-state index contributed by atoms with van der Waals surface area (Å²) in [5.41, 5.74) is 0.969. The fourth-order valence-corrected chi connectivity index (χ4v) is 1.65. The second-order valence-corrected chi connectivity index (χ2v) is 3.70. The molecule has 0 radical (unpaired) electrons. The Bertz CT molecular complexity index is 576. The number of hydrogen-bond acceptors (Lipinski definition) is 2. The molecule has 0 aliphatic carbocycles. The zero-order valence-electron chi connectivity index (χ0n) is 9.73. The van der Waals surface area contributed by atoms with Crippen LogP contribution in [-0.4, -0.2) is 18.8 Å². The number of rotatable bonds is 2. The molecule has 0 amide bonds. The molecule has 0 bridgehead atoms. The average Bonchev–Trinajstić information content (AvgIpc) is 2.38. The Morgan fingerprint density at radius 2 is 1.88 bits per heavy atom. The van der Waals surface area contributed by atoms with Gasteiger partial charge in [-0.3, -0.25) is 0 Å². The number of aliphatic hydroxyl groups is 1. The lowest BCUT2D eigenvalue weighted by Crippen LogP contribution is -1.83. The quantitative estimate of drug-likeness (QED) is 0.797. The fraction of sp³-hybridized carbons (Fsp3) is 0.200. The topological polar surface area (TPSA) is 29.5 Å². The zero-order valence-corrected chi connectivity index (χ0v) is 9.73. The predicted molar refractivity (Wildman–Crippen MR) is 69.1 cm³/mol. The molecule has 0 aliphatic heterocycles. The molecule has 0 unspecified atom stereocenters. The predicted octanol–water partition coefficient (Wildman–Crippen LogP) is 2.58. The van der Waals surface area contributed by atoms with Gasteiger partial charge in [0.15, 0.2) is 0 Å². The lowest BCUT2D eigenvalue weighted by atomic mass is 10.1. The highest BCUT2D eigenvalue weighted by Crippen LogP contribution is 2.21. The smallest absolute Gasteiger partial charge is 0.119 e. The van der Waals surface area contributed by atoms with Crippen molar-refractivity contribution in [3.05, 3.63) is 42.0 Å². The average molecular weight is 226 g/mol. The Hall–Kier alpha value is -1.98. The Morgan fingerprint density at radius 1 is 1.12 bits per heavy atom. The minimum Gasteiger partial charge on any atom is -0.497 e. The molecule has 1 N–H and O–H groups in total. The number of hydrogen-bond donors (Lipinski definition) is 1. The van der Waals surface area contributed by atoms with Gasteiger partial charge in [0.25, 0.3) is 0 Å². The summed E-state index contributed by atoms with van der Waals surface area (Å²) in [5.74, 6) is 6.80. The molecule has 2 aromatic rings. The second-order valence-electron chi connectivity index (χ2n) is 3.70. The number of ether oxygens (including phenoxy) is 1. The van der Waals surface area contributed by atoms with E-state index in [1.807, 2.05) is 36.4 Å². The van der Waals surface area contributed by atoms with E-state index in [-0.39, 0.29) is 6.61 Å². The van der Waals surface area contributed by atoms with Crippen molar-refractivity contribution in [3.63, 3.8) is 0 Å². The molecule has 17 heavy (non-hydrogen) atoms. The van der Waals surface area contributed by atoms with Crippen molar-refractivity contribution in [3.8, 4) is 17.6 Å². The summed E-state index contributed by atoms with van der Waals surface area (Å²) in [7, 11) is 1.66. The summed E-state index contributed by atoms with van der Waals surface area (Å²) in [4.78, 5) is 0. The summed E-state index contributed by atoms with van der Waals surface area (Å²) in [5, 5.41) is 10.9. The Kier molecular flexibility index (Phi) is 3.64. The van der Waals surface area contributed by atoms with Crippen LogP contribution in [-0.2, 0) is 0 Å². The van der Waals surface area contributed by atoms with Gasteiger partial charge in [0.1, 0.15) is 5.75 Å². The standard InChI is InChI=1S/C15H14O2/c1-17-15-8-7-13-10-12(4-2-3-9-16)5-6-14(13)11-15/h5-8,10-11,16H,3,9H2,1H3. The summed E-state index contributed by atoms with van der Waals surface area (Å²) in [6, 6.07) is 12.0. The molecule has 2 nitrogen and oxygen atoms in total. The largest absolute Gasteiger partial charge is 0.497 e. The maximum absolute atomic E-state index is 8.66. The van der Waals surface area contributed by atoms with Crippen LogP contribution in [0.25, 0.3) is 10.8 Å². The summed E-state index contributed by atoms with van der Waals surface area (Å²) >= 11 is 0. The van der Waals surface area contributed by atoms with Gasteiger partial charge in [-0.05, 0) is 35.0 Å². The van der Waals surface area contributed by atoms with Crippen molar-refractivity contribution in [2.75, 3.05) is 13.7 Å². The molecule has 0 spiro atoms. The minimum absolute atomic E-state index is 0.109. The van der Waals surface area contributed by atoms with Crippen molar-refractivity contribution in [1.82, 2.24) is 0 Å². The Balaban J connectivity index is 2.36. The van der Waals surface area contributed by atoms with Crippen molar-refractivity contribution in [2.24, 2.45) is 0 Å². The third-order valence-electron chi connectivity index (χ3n) is 2.52. The number of fused-ring (bicyclic) bond motifs is 1. The van der Waals surface area contributed by atoms with Gasteiger partial charge in [-0.2, -0.15) is 0 Å². The molecule has 0 aromatic heterocycles. The first-order valence-electron chi connectivity index (χ1n) is 5.51. The van der Waals surface area contributed by atoms with Crippen LogP contribution in [0.1, 0.15) is 12.0 Å². The van der Waals surface area contributed by atoms with Crippen LogP contribution in [0.5, 0.6) is 5.75 Å². The number of benzene rings is 2. The van der Waals surface area contributed by atoms with Gasteiger partial charge in [0.2, 0.25) is 0 Å². The first-order chi connectivity index (χ1) is 8.33. The molecule has 0 fully saturated rings. The Labute approximate surface area is 101 Å². The highest BCUT2D eigenvalue weighted by Gasteiger charge is 1.97. The van der Waals surface area contributed by atoms with Crippen LogP contribution in [0.3, 0.4) is 0 Å². The van der Waals surface area contributed by atoms with E-state index in [2.05, 4.69) is 11.8 Å². The molecular weight excluding hydrogens is 212 g/mol. The molecule has 86 valence electrons. The first kappa shape index (κ1) is 11.5. The van der Waals surface area contributed by atoms with Crippen LogP contribution in [0, 0.1) is 11.8 Å². The van der Waals surface area contributed by atoms with Gasteiger partial charge >= 0.3 is 0 Å². The van der Waals surface area contributed by atoms with Gasteiger partial charge in [0.05, 0.1) is 13.7 Å². The van der Waals surface area contributed by atoms with E-state index in [1.165, 1.54) is 0 Å². The van der Waals surface area contributed by atoms with Crippen LogP contribution in [0.4, 0.5) is 0 Å². The Morgan fingerprint density at radius 3 is 2.65 bits per heavy atom. The zero-order chi connectivity index (χ0) is 12.1. The third kappa shape index (κ3) is 2.77. The van der Waals surface area contributed by atoms with Crippen LogP contribution in [0.2, 0.25) is 0 Å². The van der Waals surface area contributed by atoms with E-state index in [0.717, 1.165) is 22.1 Å². The van der Waals surface area contributed by atoms with Crippen LogP contribution < -0.4 is 4.74 Å². The van der Waals surface area contributed by atoms with E-state index in [1.54, 1.807) is 7.11 Å². The molecule has 2 heteroatoms. The summed E-state index contributed by atoms with van der Waals surface area (Å²) < 4.78 is 5.18. The van der Waals surface area contributed by atoms with E-state index in [9.17, 15) is 0 Å². The van der Waals surface area contributed by atoms with Gasteiger partial charge in [-0.25, -0.2) is 0 Å². The lowest BCUT2D eigenvalue weighted by molar-refractivity contribution is 0.305. The van der Waals surface area contributed by atoms with Gasteiger partial charge in [-0.1, -0.05) is 24.0 Å². The number of aliphatic hydroxyl groups excluding tert-OH is 1. The molecule has 0 atom stereocenters. The van der Waals surface area contributed by atoms with Crippen molar-refractivity contribution in [2.45, 2.75) is 6.42 Å². The number of methoxy groups -OCH3 is 1. The van der Waals surface area contributed by atoms with E-state index in [0.29, 0.717) is 6.42 Å². The highest BCUT2D eigenvalue weighted by atomic mass is 16.5. The SMILES string of the molecule is COc1ccc2cc(C#CCCO)ccc2c1. The maximum Gasteiger partial charge on any atom is 0.119 e. The molecule has 2 rings (SSSR count). The normalized spacial score (nSPS) is 9.76. The van der Waals surface area contributed by atoms with E-state index in [4.69, 9.17) is 9.84 Å². The van der Waals surface area contributed by atoms with Crippen LogP contribution >= 0.6 is 0 Å². The lowest BCUT2D eigenvalue weighted by Gasteiger charge is -2.02. The monoisotopic (exact) mass is 226 g/mol. The van der Waals surface area contributed by atoms with Crippen LogP contribution in [0.15, 0.2) is 36.4 Å². The molecule has 2 aromatic carbocycles. The van der Waals surface area contributed by atoms with Gasteiger partial charge < -0.3 is 9.84 Å². The first-order valence-corrected chi connectivity index (χ1v) is 5.51.